The second kappa shape index (κ2) is 8.45. The maximum atomic E-state index is 13.2. The lowest BCUT2D eigenvalue weighted by atomic mass is 9.49. The van der Waals surface area contributed by atoms with Gasteiger partial charge in [-0.3, -0.25) is 0 Å². The topological polar surface area (TPSA) is 82.1 Å². The summed E-state index contributed by atoms with van der Waals surface area (Å²) >= 11 is 0. The lowest BCUT2D eigenvalue weighted by Gasteiger charge is -2.60. The fourth-order valence-electron chi connectivity index (χ4n) is 7.09. The minimum Gasteiger partial charge on any atom is -0.458 e. The van der Waals surface area contributed by atoms with Gasteiger partial charge in [0, 0.05) is 11.3 Å². The van der Waals surface area contributed by atoms with E-state index in [1.807, 2.05) is 64.1 Å². The Balaban J connectivity index is 1.55. The molecule has 2 bridgehead atoms. The number of hydrogen-bond acceptors (Lipinski definition) is 6. The third-order valence-electron chi connectivity index (χ3n) is 8.70. The Kier molecular flexibility index (Phi) is 5.80. The monoisotopic (exact) mass is 478 g/mol. The van der Waals surface area contributed by atoms with Gasteiger partial charge in [-0.2, -0.15) is 0 Å². The Labute approximate surface area is 206 Å². The standard InChI is InChI=1S/C29H34O6/c1-18-15-21(30)17-28(4)23(33-25(31)19-11-7-5-8-12-19)16-22-24(29(18,28)35-27(22,2)3)34-26(32)20-13-9-6-10-14-20/h5-14,18,21-24,30H,15-17H2,1-4H3/t18-,21+,22-,23+,24-,28+,29-/m0/s1. The van der Waals surface area contributed by atoms with Gasteiger partial charge >= 0.3 is 11.9 Å². The molecule has 1 aliphatic heterocycles. The minimum absolute atomic E-state index is 0.118. The first kappa shape index (κ1) is 24.0. The van der Waals surface area contributed by atoms with E-state index in [-0.39, 0.29) is 17.8 Å². The third kappa shape index (κ3) is 3.69. The molecule has 0 radical (unpaired) electrons. The molecule has 3 aliphatic rings. The Morgan fingerprint density at radius 2 is 1.43 bits per heavy atom. The summed E-state index contributed by atoms with van der Waals surface area (Å²) in [5.41, 5.74) is -1.28. The van der Waals surface area contributed by atoms with Gasteiger partial charge in [0.05, 0.1) is 22.8 Å². The summed E-state index contributed by atoms with van der Waals surface area (Å²) in [5, 5.41) is 10.8. The van der Waals surface area contributed by atoms with Crippen molar-refractivity contribution in [3.05, 3.63) is 71.8 Å². The van der Waals surface area contributed by atoms with Crippen molar-refractivity contribution in [1.29, 1.82) is 0 Å². The highest BCUT2D eigenvalue weighted by molar-refractivity contribution is 5.90. The minimum atomic E-state index is -0.898. The van der Waals surface area contributed by atoms with Crippen LogP contribution in [0.2, 0.25) is 0 Å². The lowest BCUT2D eigenvalue weighted by molar-refractivity contribution is -0.263. The predicted octanol–water partition coefficient (Wildman–Crippen LogP) is 4.80. The van der Waals surface area contributed by atoms with Gasteiger partial charge in [0.25, 0.3) is 0 Å². The molecule has 2 aromatic carbocycles. The maximum Gasteiger partial charge on any atom is 0.338 e. The molecular weight excluding hydrogens is 444 g/mol. The van der Waals surface area contributed by atoms with E-state index in [1.165, 1.54) is 0 Å². The SMILES string of the molecule is C[C@H]1C[C@@H](O)C[C@]2(C)[C@H](OC(=O)c3ccccc3)C[C@H]3[C@H](OC(=O)c4ccccc4)[C@@]12OC3(C)C. The summed E-state index contributed by atoms with van der Waals surface area (Å²) in [6, 6.07) is 17.9. The van der Waals surface area contributed by atoms with Crippen molar-refractivity contribution in [2.45, 2.75) is 76.5 Å². The summed E-state index contributed by atoms with van der Waals surface area (Å²) in [4.78, 5) is 26.3. The molecule has 2 saturated carbocycles. The molecule has 5 rings (SSSR count). The zero-order valence-electron chi connectivity index (χ0n) is 20.8. The van der Waals surface area contributed by atoms with Crippen molar-refractivity contribution in [2.24, 2.45) is 17.3 Å². The van der Waals surface area contributed by atoms with Gasteiger partial charge in [0.2, 0.25) is 0 Å². The number of aliphatic hydroxyl groups excluding tert-OH is 1. The number of ether oxygens (including phenoxy) is 3. The van der Waals surface area contributed by atoms with E-state index in [0.717, 1.165) is 0 Å². The zero-order chi connectivity index (χ0) is 25.0. The van der Waals surface area contributed by atoms with Crippen LogP contribution in [0.5, 0.6) is 0 Å². The van der Waals surface area contributed by atoms with Gasteiger partial charge in [-0.15, -0.1) is 0 Å². The summed E-state index contributed by atoms with van der Waals surface area (Å²) < 4.78 is 19.4. The van der Waals surface area contributed by atoms with Crippen LogP contribution in [0.1, 0.15) is 67.7 Å². The van der Waals surface area contributed by atoms with Crippen molar-refractivity contribution < 1.29 is 28.9 Å². The highest BCUT2D eigenvalue weighted by Crippen LogP contribution is 2.67. The molecule has 1 heterocycles. The number of esters is 2. The van der Waals surface area contributed by atoms with Crippen LogP contribution in [0.25, 0.3) is 0 Å². The molecule has 2 aliphatic carbocycles. The van der Waals surface area contributed by atoms with Crippen molar-refractivity contribution >= 4 is 11.9 Å². The van der Waals surface area contributed by atoms with Crippen LogP contribution in [0, 0.1) is 17.3 Å². The predicted molar refractivity (Wildman–Crippen MR) is 130 cm³/mol. The normalized spacial score (nSPS) is 37.2. The second-order valence-electron chi connectivity index (χ2n) is 11.2. The van der Waals surface area contributed by atoms with Crippen LogP contribution in [-0.2, 0) is 14.2 Å². The Morgan fingerprint density at radius 3 is 2.00 bits per heavy atom. The molecule has 0 amide bonds. The van der Waals surface area contributed by atoms with Crippen LogP contribution in [0.15, 0.2) is 60.7 Å². The molecule has 6 nitrogen and oxygen atoms in total. The number of fused-ring (bicyclic) bond motifs is 1. The van der Waals surface area contributed by atoms with Gasteiger partial charge < -0.3 is 19.3 Å². The van der Waals surface area contributed by atoms with Crippen molar-refractivity contribution in [2.75, 3.05) is 0 Å². The first-order valence-electron chi connectivity index (χ1n) is 12.5. The Hall–Kier alpha value is -2.70. The molecule has 7 atom stereocenters. The largest absolute Gasteiger partial charge is 0.458 e. The smallest absolute Gasteiger partial charge is 0.338 e. The van der Waals surface area contributed by atoms with E-state index < -0.39 is 40.9 Å². The Bertz CT molecular complexity index is 1100. The molecule has 1 spiro atoms. The molecule has 1 N–H and O–H groups in total. The van der Waals surface area contributed by atoms with Crippen LogP contribution in [0.3, 0.4) is 0 Å². The molecule has 0 unspecified atom stereocenters. The molecule has 3 fully saturated rings. The average Bonchev–Trinajstić information content (AvgIpc) is 3.01. The number of carbonyl (C=O) groups is 2. The molecule has 6 heteroatoms. The van der Waals surface area contributed by atoms with Gasteiger partial charge in [0.15, 0.2) is 0 Å². The van der Waals surface area contributed by atoms with Crippen molar-refractivity contribution in [1.82, 2.24) is 0 Å². The highest BCUT2D eigenvalue weighted by atomic mass is 16.6. The van der Waals surface area contributed by atoms with Gasteiger partial charge in [0.1, 0.15) is 17.8 Å². The van der Waals surface area contributed by atoms with E-state index in [0.29, 0.717) is 30.4 Å². The molecule has 0 aromatic heterocycles. The maximum absolute atomic E-state index is 13.2. The highest BCUT2D eigenvalue weighted by Gasteiger charge is 2.76. The first-order chi connectivity index (χ1) is 16.6. The summed E-state index contributed by atoms with van der Waals surface area (Å²) in [7, 11) is 0. The number of benzene rings is 2. The van der Waals surface area contributed by atoms with E-state index in [4.69, 9.17) is 14.2 Å². The lowest BCUT2D eigenvalue weighted by Crippen LogP contribution is -2.70. The van der Waals surface area contributed by atoms with Crippen molar-refractivity contribution in [3.8, 4) is 0 Å². The zero-order valence-corrected chi connectivity index (χ0v) is 20.8. The van der Waals surface area contributed by atoms with Crippen LogP contribution in [-0.4, -0.2) is 46.6 Å². The Morgan fingerprint density at radius 1 is 0.886 bits per heavy atom. The van der Waals surface area contributed by atoms with Crippen LogP contribution >= 0.6 is 0 Å². The van der Waals surface area contributed by atoms with Gasteiger partial charge in [-0.25, -0.2) is 9.59 Å². The third-order valence-corrected chi connectivity index (χ3v) is 8.70. The van der Waals surface area contributed by atoms with Crippen LogP contribution < -0.4 is 0 Å². The summed E-state index contributed by atoms with van der Waals surface area (Å²) in [6.45, 7) is 8.12. The van der Waals surface area contributed by atoms with E-state index in [2.05, 4.69) is 0 Å². The van der Waals surface area contributed by atoms with E-state index >= 15 is 0 Å². The first-order valence-corrected chi connectivity index (χ1v) is 12.5. The van der Waals surface area contributed by atoms with E-state index in [9.17, 15) is 14.7 Å². The van der Waals surface area contributed by atoms with E-state index in [1.54, 1.807) is 24.3 Å². The number of aliphatic hydroxyl groups is 1. The number of rotatable bonds is 4. The number of carbonyl (C=O) groups excluding carboxylic acids is 2. The summed E-state index contributed by atoms with van der Waals surface area (Å²) in [6.07, 6.45) is -0.178. The average molecular weight is 479 g/mol. The number of hydrogen-bond donors (Lipinski definition) is 1. The summed E-state index contributed by atoms with van der Waals surface area (Å²) in [5.74, 6) is -1.07. The molecular formula is C29H34O6. The second-order valence-corrected chi connectivity index (χ2v) is 11.2. The van der Waals surface area contributed by atoms with Gasteiger partial charge in [-0.05, 0) is 63.3 Å². The molecule has 1 saturated heterocycles. The van der Waals surface area contributed by atoms with Crippen LogP contribution in [0.4, 0.5) is 0 Å². The van der Waals surface area contributed by atoms with Crippen molar-refractivity contribution in [3.63, 3.8) is 0 Å². The fourth-order valence-corrected chi connectivity index (χ4v) is 7.09. The van der Waals surface area contributed by atoms with Gasteiger partial charge in [-0.1, -0.05) is 50.2 Å². The molecule has 35 heavy (non-hydrogen) atoms. The molecule has 186 valence electrons. The molecule has 2 aromatic rings. The fraction of sp³-hybridized carbons (Fsp3) is 0.517. The quantitative estimate of drug-likeness (QED) is 0.636.